The molecule has 90 valence electrons. The van der Waals surface area contributed by atoms with E-state index in [-0.39, 0.29) is 5.56 Å². The number of rotatable bonds is 2. The molecular formula is C13H14O4. The zero-order chi connectivity index (χ0) is 12.4. The molecule has 0 aromatic heterocycles. The summed E-state index contributed by atoms with van der Waals surface area (Å²) in [6.07, 6.45) is 3.72. The van der Waals surface area contributed by atoms with Crippen LogP contribution in [0.25, 0.3) is 0 Å². The van der Waals surface area contributed by atoms with E-state index in [1.165, 1.54) is 13.2 Å². The molecule has 1 aromatic rings. The third-order valence-corrected chi connectivity index (χ3v) is 3.12. The highest BCUT2D eigenvalue weighted by Crippen LogP contribution is 2.26. The van der Waals surface area contributed by atoms with Gasteiger partial charge in [-0.25, -0.2) is 9.59 Å². The number of hydrogen-bond donors (Lipinski definition) is 1. The van der Waals surface area contributed by atoms with Crippen LogP contribution in [0.15, 0.2) is 12.1 Å². The fraction of sp³-hybridized carbons (Fsp3) is 0.385. The van der Waals surface area contributed by atoms with Crippen LogP contribution in [-0.2, 0) is 17.6 Å². The van der Waals surface area contributed by atoms with Crippen molar-refractivity contribution in [2.24, 2.45) is 0 Å². The molecule has 4 heteroatoms. The van der Waals surface area contributed by atoms with Crippen molar-refractivity contribution in [3.63, 3.8) is 0 Å². The molecule has 1 aliphatic carbocycles. The quantitative estimate of drug-likeness (QED) is 0.795. The monoisotopic (exact) mass is 234 g/mol. The maximum Gasteiger partial charge on any atom is 0.338 e. The van der Waals surface area contributed by atoms with E-state index >= 15 is 0 Å². The van der Waals surface area contributed by atoms with Gasteiger partial charge in [-0.2, -0.15) is 0 Å². The molecule has 0 heterocycles. The minimum absolute atomic E-state index is 0.158. The van der Waals surface area contributed by atoms with Crippen LogP contribution in [0.1, 0.15) is 44.7 Å². The van der Waals surface area contributed by atoms with Crippen LogP contribution in [0.3, 0.4) is 0 Å². The summed E-state index contributed by atoms with van der Waals surface area (Å²) in [6, 6.07) is 3.08. The number of aromatic carboxylic acids is 1. The fourth-order valence-electron chi connectivity index (χ4n) is 2.28. The van der Waals surface area contributed by atoms with Gasteiger partial charge in [-0.15, -0.1) is 0 Å². The molecule has 17 heavy (non-hydrogen) atoms. The molecule has 0 bridgehead atoms. The van der Waals surface area contributed by atoms with Crippen molar-refractivity contribution in [2.75, 3.05) is 7.11 Å². The van der Waals surface area contributed by atoms with Crippen molar-refractivity contribution in [3.05, 3.63) is 34.4 Å². The Morgan fingerprint density at radius 2 is 1.94 bits per heavy atom. The molecular weight excluding hydrogens is 220 g/mol. The summed E-state index contributed by atoms with van der Waals surface area (Å²) in [5.41, 5.74) is 2.48. The topological polar surface area (TPSA) is 63.6 Å². The van der Waals surface area contributed by atoms with E-state index in [1.807, 2.05) is 0 Å². The van der Waals surface area contributed by atoms with Crippen LogP contribution in [0.4, 0.5) is 0 Å². The minimum Gasteiger partial charge on any atom is -0.478 e. The first kappa shape index (κ1) is 11.6. The summed E-state index contributed by atoms with van der Waals surface area (Å²) in [5.74, 6) is -1.46. The molecule has 2 rings (SSSR count). The van der Waals surface area contributed by atoms with E-state index in [1.54, 1.807) is 6.07 Å². The summed E-state index contributed by atoms with van der Waals surface area (Å²) < 4.78 is 4.71. The largest absolute Gasteiger partial charge is 0.478 e. The molecule has 0 saturated heterocycles. The molecule has 1 aromatic carbocycles. The second kappa shape index (κ2) is 4.57. The summed E-state index contributed by atoms with van der Waals surface area (Å²) in [7, 11) is 1.31. The van der Waals surface area contributed by atoms with E-state index in [4.69, 9.17) is 9.84 Å². The molecule has 0 radical (unpaired) electrons. The highest BCUT2D eigenvalue weighted by atomic mass is 16.5. The maximum absolute atomic E-state index is 11.6. The Labute approximate surface area is 99.2 Å². The number of carboxylic acids is 1. The Morgan fingerprint density at radius 1 is 1.24 bits per heavy atom. The number of ether oxygens (including phenoxy) is 1. The second-order valence-corrected chi connectivity index (χ2v) is 4.17. The SMILES string of the molecule is COC(=O)c1cc(C(=O)O)cc2c1CCCC2. The van der Waals surface area contributed by atoms with E-state index in [9.17, 15) is 9.59 Å². The molecule has 0 fully saturated rings. The Bertz CT molecular complexity index is 477. The molecule has 4 nitrogen and oxygen atoms in total. The highest BCUT2D eigenvalue weighted by Gasteiger charge is 2.21. The Balaban J connectivity index is 2.58. The molecule has 1 aliphatic rings. The first-order chi connectivity index (χ1) is 8.13. The van der Waals surface area contributed by atoms with Crippen LogP contribution in [-0.4, -0.2) is 24.2 Å². The second-order valence-electron chi connectivity index (χ2n) is 4.17. The third-order valence-electron chi connectivity index (χ3n) is 3.12. The summed E-state index contributed by atoms with van der Waals surface area (Å²) in [6.45, 7) is 0. The third kappa shape index (κ3) is 2.16. The number of aryl methyl sites for hydroxylation is 1. The summed E-state index contributed by atoms with van der Waals surface area (Å²) in [4.78, 5) is 22.6. The van der Waals surface area contributed by atoms with E-state index in [0.29, 0.717) is 5.56 Å². The Hall–Kier alpha value is -1.84. The van der Waals surface area contributed by atoms with Gasteiger partial charge in [-0.1, -0.05) is 0 Å². The van der Waals surface area contributed by atoms with Gasteiger partial charge < -0.3 is 9.84 Å². The van der Waals surface area contributed by atoms with Gasteiger partial charge in [0, 0.05) is 0 Å². The van der Waals surface area contributed by atoms with Crippen molar-refractivity contribution in [1.82, 2.24) is 0 Å². The van der Waals surface area contributed by atoms with Crippen LogP contribution in [0.5, 0.6) is 0 Å². The lowest BCUT2D eigenvalue weighted by atomic mass is 9.86. The lowest BCUT2D eigenvalue weighted by Crippen LogP contribution is -2.14. The van der Waals surface area contributed by atoms with Gasteiger partial charge >= 0.3 is 11.9 Å². The molecule has 0 atom stereocenters. The Morgan fingerprint density at radius 3 is 2.59 bits per heavy atom. The predicted molar refractivity (Wildman–Crippen MR) is 61.4 cm³/mol. The van der Waals surface area contributed by atoms with E-state index < -0.39 is 11.9 Å². The highest BCUT2D eigenvalue weighted by molar-refractivity contribution is 5.96. The van der Waals surface area contributed by atoms with Crippen molar-refractivity contribution >= 4 is 11.9 Å². The van der Waals surface area contributed by atoms with Gasteiger partial charge in [0.25, 0.3) is 0 Å². The number of carbonyl (C=O) groups is 2. The maximum atomic E-state index is 11.6. The van der Waals surface area contributed by atoms with Gasteiger partial charge in [-0.3, -0.25) is 0 Å². The zero-order valence-electron chi connectivity index (χ0n) is 9.66. The lowest BCUT2D eigenvalue weighted by molar-refractivity contribution is 0.0599. The van der Waals surface area contributed by atoms with E-state index in [2.05, 4.69) is 0 Å². The van der Waals surface area contributed by atoms with E-state index in [0.717, 1.165) is 36.8 Å². The zero-order valence-corrected chi connectivity index (χ0v) is 9.66. The number of methoxy groups -OCH3 is 1. The predicted octanol–water partition coefficient (Wildman–Crippen LogP) is 2.05. The average Bonchev–Trinajstić information content (AvgIpc) is 2.36. The number of carbonyl (C=O) groups excluding carboxylic acids is 1. The van der Waals surface area contributed by atoms with Crippen molar-refractivity contribution in [2.45, 2.75) is 25.7 Å². The summed E-state index contributed by atoms with van der Waals surface area (Å²) >= 11 is 0. The fourth-order valence-corrected chi connectivity index (χ4v) is 2.28. The average molecular weight is 234 g/mol. The van der Waals surface area contributed by atoms with Gasteiger partial charge in [0.1, 0.15) is 0 Å². The number of hydrogen-bond acceptors (Lipinski definition) is 3. The summed E-state index contributed by atoms with van der Waals surface area (Å²) in [5, 5.41) is 9.01. The molecule has 0 saturated carbocycles. The number of esters is 1. The normalized spacial score (nSPS) is 13.9. The molecule has 0 amide bonds. The number of carboxylic acid groups (broad SMARTS) is 1. The van der Waals surface area contributed by atoms with Gasteiger partial charge in [0.15, 0.2) is 0 Å². The molecule has 0 aliphatic heterocycles. The smallest absolute Gasteiger partial charge is 0.338 e. The van der Waals surface area contributed by atoms with Crippen molar-refractivity contribution in [3.8, 4) is 0 Å². The standard InChI is InChI=1S/C13H14O4/c1-17-13(16)11-7-9(12(14)15)6-8-4-2-3-5-10(8)11/h6-7H,2-5H2,1H3,(H,14,15). The number of fused-ring (bicyclic) bond motifs is 1. The molecule has 0 spiro atoms. The van der Waals surface area contributed by atoms with Crippen LogP contribution in [0, 0.1) is 0 Å². The molecule has 1 N–H and O–H groups in total. The van der Waals surface area contributed by atoms with Crippen LogP contribution < -0.4 is 0 Å². The molecule has 0 unspecified atom stereocenters. The van der Waals surface area contributed by atoms with Crippen molar-refractivity contribution < 1.29 is 19.4 Å². The first-order valence-corrected chi connectivity index (χ1v) is 5.61. The van der Waals surface area contributed by atoms with Gasteiger partial charge in [-0.05, 0) is 48.9 Å². The van der Waals surface area contributed by atoms with Crippen molar-refractivity contribution in [1.29, 1.82) is 0 Å². The van der Waals surface area contributed by atoms with Crippen LogP contribution in [0.2, 0.25) is 0 Å². The van der Waals surface area contributed by atoms with Crippen LogP contribution >= 0.6 is 0 Å². The first-order valence-electron chi connectivity index (χ1n) is 5.61. The van der Waals surface area contributed by atoms with Gasteiger partial charge in [0.2, 0.25) is 0 Å². The lowest BCUT2D eigenvalue weighted by Gasteiger charge is -2.19. The Kier molecular flexibility index (Phi) is 3.13. The van der Waals surface area contributed by atoms with Gasteiger partial charge in [0.05, 0.1) is 18.2 Å². The number of benzene rings is 1. The minimum atomic E-state index is -1.01.